The number of nitrogens with two attached hydrogens (primary N) is 1. The van der Waals surface area contributed by atoms with Crippen LogP contribution in [0.15, 0.2) is 41.3 Å². The van der Waals surface area contributed by atoms with Crippen LogP contribution < -0.4 is 11.3 Å². The van der Waals surface area contributed by atoms with Crippen molar-refractivity contribution in [3.05, 3.63) is 58.0 Å². The van der Waals surface area contributed by atoms with Crippen LogP contribution >= 0.6 is 0 Å². The van der Waals surface area contributed by atoms with Gasteiger partial charge in [-0.3, -0.25) is 9.59 Å². The van der Waals surface area contributed by atoms with Crippen LogP contribution in [0.5, 0.6) is 0 Å². The average molecular weight is 253 g/mol. The van der Waals surface area contributed by atoms with E-state index in [1.54, 1.807) is 43.6 Å². The predicted octanol–water partition coefficient (Wildman–Crippen LogP) is 1.02. The molecule has 2 rings (SSSR count). The maximum Gasteiger partial charge on any atom is 0.263 e. The van der Waals surface area contributed by atoms with Crippen LogP contribution in [-0.2, 0) is 7.05 Å². The summed E-state index contributed by atoms with van der Waals surface area (Å²) in [6, 6.07) is 10.3. The van der Waals surface area contributed by atoms with Gasteiger partial charge >= 0.3 is 0 Å². The third kappa shape index (κ3) is 2.24. The van der Waals surface area contributed by atoms with Gasteiger partial charge in [-0.1, -0.05) is 12.1 Å². The minimum absolute atomic E-state index is 0.0694. The van der Waals surface area contributed by atoms with Crippen molar-refractivity contribution in [2.45, 2.75) is 0 Å². The molecule has 0 aliphatic heterocycles. The first-order valence-electron chi connectivity index (χ1n) is 5.54. The summed E-state index contributed by atoms with van der Waals surface area (Å²) in [5, 5.41) is 8.88. The van der Waals surface area contributed by atoms with E-state index in [4.69, 9.17) is 11.0 Å². The fraction of sp³-hybridized carbons (Fsp3) is 0.0714. The molecule has 0 aliphatic rings. The number of nitriles is 1. The molecule has 2 N–H and O–H groups in total. The second kappa shape index (κ2) is 4.78. The van der Waals surface area contributed by atoms with Gasteiger partial charge in [-0.25, -0.2) is 0 Å². The van der Waals surface area contributed by atoms with Crippen LogP contribution in [-0.4, -0.2) is 10.5 Å². The van der Waals surface area contributed by atoms with Crippen LogP contribution in [0.25, 0.3) is 11.1 Å². The van der Waals surface area contributed by atoms with E-state index >= 15 is 0 Å². The number of hydrogen-bond donors (Lipinski definition) is 1. The summed E-state index contributed by atoms with van der Waals surface area (Å²) in [6.45, 7) is 0. The molecule has 94 valence electrons. The van der Waals surface area contributed by atoms with Crippen LogP contribution in [0.2, 0.25) is 0 Å². The fourth-order valence-electron chi connectivity index (χ4n) is 1.86. The number of amides is 1. The molecular weight excluding hydrogens is 242 g/mol. The molecule has 0 fully saturated rings. The molecule has 1 aromatic heterocycles. The van der Waals surface area contributed by atoms with Crippen molar-refractivity contribution >= 4 is 5.91 Å². The molecule has 0 spiro atoms. The molecule has 1 heterocycles. The monoisotopic (exact) mass is 253 g/mol. The first-order chi connectivity index (χ1) is 9.04. The number of rotatable bonds is 2. The van der Waals surface area contributed by atoms with Gasteiger partial charge in [-0.15, -0.1) is 0 Å². The summed E-state index contributed by atoms with van der Waals surface area (Å²) in [5.74, 6) is -0.779. The van der Waals surface area contributed by atoms with Crippen molar-refractivity contribution in [3.63, 3.8) is 0 Å². The molecular formula is C14H11N3O2. The highest BCUT2D eigenvalue weighted by atomic mass is 16.2. The maximum atomic E-state index is 12.0. The van der Waals surface area contributed by atoms with Crippen molar-refractivity contribution < 1.29 is 4.79 Å². The Labute approximate surface area is 109 Å². The maximum absolute atomic E-state index is 12.0. The van der Waals surface area contributed by atoms with E-state index in [1.807, 2.05) is 6.07 Å². The van der Waals surface area contributed by atoms with Gasteiger partial charge < -0.3 is 10.3 Å². The second-order valence-electron chi connectivity index (χ2n) is 4.08. The normalized spacial score (nSPS) is 9.89. The van der Waals surface area contributed by atoms with Gasteiger partial charge in [0, 0.05) is 18.8 Å². The summed E-state index contributed by atoms with van der Waals surface area (Å²) < 4.78 is 1.29. The SMILES string of the molecule is Cn1ccc(-c2cccc(C#N)c2)c(C(N)=O)c1=O. The molecule has 0 aliphatic carbocycles. The van der Waals surface area contributed by atoms with Crippen molar-refractivity contribution in [2.75, 3.05) is 0 Å². The van der Waals surface area contributed by atoms with Crippen molar-refractivity contribution in [1.29, 1.82) is 5.26 Å². The molecule has 0 atom stereocenters. The van der Waals surface area contributed by atoms with Gasteiger partial charge in [0.15, 0.2) is 0 Å². The zero-order valence-corrected chi connectivity index (χ0v) is 10.3. The fourth-order valence-corrected chi connectivity index (χ4v) is 1.86. The van der Waals surface area contributed by atoms with E-state index in [1.165, 1.54) is 4.57 Å². The zero-order valence-electron chi connectivity index (χ0n) is 10.3. The van der Waals surface area contributed by atoms with Crippen LogP contribution in [0.1, 0.15) is 15.9 Å². The van der Waals surface area contributed by atoms with Crippen LogP contribution in [0.3, 0.4) is 0 Å². The number of benzene rings is 1. The zero-order chi connectivity index (χ0) is 14.0. The smallest absolute Gasteiger partial charge is 0.263 e. The number of primary amides is 1. The molecule has 5 nitrogen and oxygen atoms in total. The number of aromatic nitrogens is 1. The quantitative estimate of drug-likeness (QED) is 0.866. The van der Waals surface area contributed by atoms with E-state index < -0.39 is 11.5 Å². The molecule has 0 saturated heterocycles. The number of hydrogen-bond acceptors (Lipinski definition) is 3. The predicted molar refractivity (Wildman–Crippen MR) is 70.4 cm³/mol. The standard InChI is InChI=1S/C14H11N3O2/c1-17-6-5-11(12(13(16)18)14(17)19)10-4-2-3-9(7-10)8-15/h2-7H,1H3,(H2,16,18). The van der Waals surface area contributed by atoms with Crippen LogP contribution in [0, 0.1) is 11.3 Å². The molecule has 1 aromatic carbocycles. The largest absolute Gasteiger partial charge is 0.365 e. The van der Waals surface area contributed by atoms with Gasteiger partial charge in [-0.2, -0.15) is 5.26 Å². The van der Waals surface area contributed by atoms with Gasteiger partial charge in [0.2, 0.25) is 0 Å². The Morgan fingerprint density at radius 2 is 2.11 bits per heavy atom. The molecule has 5 heteroatoms. The van der Waals surface area contributed by atoms with E-state index in [9.17, 15) is 9.59 Å². The third-order valence-corrected chi connectivity index (χ3v) is 2.82. The summed E-state index contributed by atoms with van der Waals surface area (Å²) >= 11 is 0. The Morgan fingerprint density at radius 3 is 2.74 bits per heavy atom. The Morgan fingerprint density at radius 1 is 1.37 bits per heavy atom. The number of carbonyl (C=O) groups excluding carboxylic acids is 1. The van der Waals surface area contributed by atoms with E-state index in [0.29, 0.717) is 16.7 Å². The molecule has 0 bridgehead atoms. The lowest BCUT2D eigenvalue weighted by molar-refractivity contribution is 0.0999. The summed E-state index contributed by atoms with van der Waals surface area (Å²) in [5.41, 5.74) is 6.26. The van der Waals surface area contributed by atoms with Crippen LogP contribution in [0.4, 0.5) is 0 Å². The van der Waals surface area contributed by atoms with E-state index in [2.05, 4.69) is 0 Å². The minimum Gasteiger partial charge on any atom is -0.365 e. The lowest BCUT2D eigenvalue weighted by Gasteiger charge is -2.08. The van der Waals surface area contributed by atoms with Gasteiger partial charge in [0.25, 0.3) is 11.5 Å². The molecule has 1 amide bonds. The first kappa shape index (κ1) is 12.6. The summed E-state index contributed by atoms with van der Waals surface area (Å²) in [4.78, 5) is 23.4. The average Bonchev–Trinajstić information content (AvgIpc) is 2.41. The Hall–Kier alpha value is -2.87. The second-order valence-corrected chi connectivity index (χ2v) is 4.08. The van der Waals surface area contributed by atoms with Crippen molar-refractivity contribution in [3.8, 4) is 17.2 Å². The number of carbonyl (C=O) groups is 1. The Bertz CT molecular complexity index is 754. The highest BCUT2D eigenvalue weighted by molar-refractivity contribution is 5.99. The van der Waals surface area contributed by atoms with Gasteiger partial charge in [0.05, 0.1) is 11.6 Å². The number of aryl methyl sites for hydroxylation is 1. The number of pyridine rings is 1. The Kier molecular flexibility index (Phi) is 3.17. The van der Waals surface area contributed by atoms with Gasteiger partial charge in [-0.05, 0) is 23.8 Å². The van der Waals surface area contributed by atoms with Crippen molar-refractivity contribution in [2.24, 2.45) is 12.8 Å². The first-order valence-corrected chi connectivity index (χ1v) is 5.54. The molecule has 19 heavy (non-hydrogen) atoms. The van der Waals surface area contributed by atoms with Gasteiger partial charge in [0.1, 0.15) is 5.56 Å². The minimum atomic E-state index is -0.779. The van der Waals surface area contributed by atoms with E-state index in [-0.39, 0.29) is 5.56 Å². The molecule has 2 aromatic rings. The summed E-state index contributed by atoms with van der Waals surface area (Å²) in [7, 11) is 1.55. The lowest BCUT2D eigenvalue weighted by atomic mass is 9.99. The molecule has 0 radical (unpaired) electrons. The lowest BCUT2D eigenvalue weighted by Crippen LogP contribution is -2.28. The topological polar surface area (TPSA) is 88.9 Å². The summed E-state index contributed by atoms with van der Waals surface area (Å²) in [6.07, 6.45) is 1.56. The van der Waals surface area contributed by atoms with E-state index in [0.717, 1.165) is 0 Å². The highest BCUT2D eigenvalue weighted by Crippen LogP contribution is 2.22. The third-order valence-electron chi connectivity index (χ3n) is 2.82. The Balaban J connectivity index is 2.76. The number of nitrogens with zero attached hydrogens (tertiary/aromatic N) is 2. The molecule has 0 saturated carbocycles. The molecule has 0 unspecified atom stereocenters. The van der Waals surface area contributed by atoms with Crippen molar-refractivity contribution in [1.82, 2.24) is 4.57 Å². The highest BCUT2D eigenvalue weighted by Gasteiger charge is 2.15.